The summed E-state index contributed by atoms with van der Waals surface area (Å²) in [5.74, 6) is -0.850. The second-order valence-corrected chi connectivity index (χ2v) is 5.82. The number of rotatable bonds is 6. The Morgan fingerprint density at radius 2 is 1.96 bits per heavy atom. The predicted molar refractivity (Wildman–Crippen MR) is 85.2 cm³/mol. The minimum Gasteiger partial charge on any atom is -0.480 e. The molecule has 1 atom stereocenters. The van der Waals surface area contributed by atoms with Gasteiger partial charge in [-0.2, -0.15) is 0 Å². The third-order valence-electron chi connectivity index (χ3n) is 3.99. The fourth-order valence-electron chi connectivity index (χ4n) is 2.55. The predicted octanol–water partition coefficient (Wildman–Crippen LogP) is 2.38. The summed E-state index contributed by atoms with van der Waals surface area (Å²) in [7, 11) is 0. The molecule has 0 spiro atoms. The fraction of sp³-hybridized carbons (Fsp3) is 0.278. The number of hydrogen-bond donors (Lipinski definition) is 2. The molecule has 1 saturated carbocycles. The van der Waals surface area contributed by atoms with E-state index < -0.39 is 12.0 Å². The van der Waals surface area contributed by atoms with E-state index >= 15 is 0 Å². The first-order chi connectivity index (χ1) is 11.1. The van der Waals surface area contributed by atoms with Crippen molar-refractivity contribution in [3.8, 4) is 0 Å². The summed E-state index contributed by atoms with van der Waals surface area (Å²) in [5.41, 5.74) is 2.48. The number of carbonyl (C=O) groups is 2. The molecular weight excluding hydrogens is 292 g/mol. The largest absolute Gasteiger partial charge is 0.480 e. The maximum atomic E-state index is 12.4. The van der Waals surface area contributed by atoms with Crippen LogP contribution in [0.5, 0.6) is 0 Å². The average molecular weight is 310 g/mol. The molecule has 1 aliphatic rings. The summed E-state index contributed by atoms with van der Waals surface area (Å²) in [5, 5.41) is 12.0. The molecule has 0 radical (unpaired) electrons. The summed E-state index contributed by atoms with van der Waals surface area (Å²) in [6.07, 6.45) is 5.76. The lowest BCUT2D eigenvalue weighted by atomic mass is 10.0. The highest BCUT2D eigenvalue weighted by Gasteiger charge is 2.25. The maximum absolute atomic E-state index is 12.4. The highest BCUT2D eigenvalue weighted by atomic mass is 16.4. The zero-order valence-corrected chi connectivity index (χ0v) is 12.6. The molecule has 2 aromatic rings. The highest BCUT2D eigenvalue weighted by molar-refractivity contribution is 5.96. The standard InChI is InChI=1S/C18H18N2O3/c21-17(15-3-1-2-14(11-15)13-4-5-13)20-16(18(22)23)10-12-6-8-19-9-7-12/h1-3,6-9,11,13,16H,4-5,10H2,(H,20,21)(H,22,23). The van der Waals surface area contributed by atoms with E-state index in [0.29, 0.717) is 11.5 Å². The van der Waals surface area contributed by atoms with Gasteiger partial charge in [-0.05, 0) is 54.2 Å². The van der Waals surface area contributed by atoms with Crippen molar-refractivity contribution in [2.45, 2.75) is 31.2 Å². The molecule has 1 heterocycles. The molecule has 2 N–H and O–H groups in total. The average Bonchev–Trinajstić information content (AvgIpc) is 3.40. The molecule has 3 rings (SSSR count). The summed E-state index contributed by atoms with van der Waals surface area (Å²) < 4.78 is 0. The lowest BCUT2D eigenvalue weighted by Gasteiger charge is -2.15. The Hall–Kier alpha value is -2.69. The van der Waals surface area contributed by atoms with Gasteiger partial charge in [-0.25, -0.2) is 4.79 Å². The van der Waals surface area contributed by atoms with Gasteiger partial charge in [0.05, 0.1) is 0 Å². The monoisotopic (exact) mass is 310 g/mol. The number of carbonyl (C=O) groups excluding carboxylic acids is 1. The zero-order chi connectivity index (χ0) is 16.2. The first-order valence-corrected chi connectivity index (χ1v) is 7.66. The van der Waals surface area contributed by atoms with Crippen molar-refractivity contribution < 1.29 is 14.7 Å². The van der Waals surface area contributed by atoms with E-state index in [-0.39, 0.29) is 12.3 Å². The number of aromatic nitrogens is 1. The Morgan fingerprint density at radius 1 is 1.22 bits per heavy atom. The second-order valence-electron chi connectivity index (χ2n) is 5.82. The van der Waals surface area contributed by atoms with Gasteiger partial charge in [-0.3, -0.25) is 9.78 Å². The van der Waals surface area contributed by atoms with Gasteiger partial charge in [-0.15, -0.1) is 0 Å². The summed E-state index contributed by atoms with van der Waals surface area (Å²) in [6, 6.07) is 9.96. The molecule has 1 unspecified atom stereocenters. The van der Waals surface area contributed by atoms with Crippen molar-refractivity contribution in [1.29, 1.82) is 0 Å². The van der Waals surface area contributed by atoms with Gasteiger partial charge in [-0.1, -0.05) is 12.1 Å². The summed E-state index contributed by atoms with van der Waals surface area (Å²) in [4.78, 5) is 27.7. The van der Waals surface area contributed by atoms with Crippen LogP contribution in [0.3, 0.4) is 0 Å². The maximum Gasteiger partial charge on any atom is 0.326 e. The van der Waals surface area contributed by atoms with Crippen LogP contribution in [0.2, 0.25) is 0 Å². The quantitative estimate of drug-likeness (QED) is 0.858. The number of nitrogens with zero attached hydrogens (tertiary/aromatic N) is 1. The molecule has 0 saturated heterocycles. The minimum absolute atomic E-state index is 0.228. The van der Waals surface area contributed by atoms with E-state index in [1.165, 1.54) is 0 Å². The first-order valence-electron chi connectivity index (χ1n) is 7.66. The molecule has 118 valence electrons. The van der Waals surface area contributed by atoms with Gasteiger partial charge >= 0.3 is 5.97 Å². The van der Waals surface area contributed by atoms with Gasteiger partial charge in [0.25, 0.3) is 5.91 Å². The van der Waals surface area contributed by atoms with Crippen molar-refractivity contribution in [2.24, 2.45) is 0 Å². The Labute approximate surface area is 134 Å². The molecule has 1 aromatic heterocycles. The van der Waals surface area contributed by atoms with Crippen LogP contribution in [0.15, 0.2) is 48.8 Å². The van der Waals surface area contributed by atoms with Crippen LogP contribution in [-0.4, -0.2) is 28.0 Å². The number of hydrogen-bond acceptors (Lipinski definition) is 3. The van der Waals surface area contributed by atoms with E-state index in [0.717, 1.165) is 24.0 Å². The van der Waals surface area contributed by atoms with Crippen molar-refractivity contribution >= 4 is 11.9 Å². The lowest BCUT2D eigenvalue weighted by Crippen LogP contribution is -2.42. The molecule has 23 heavy (non-hydrogen) atoms. The Balaban J connectivity index is 1.70. The third-order valence-corrected chi connectivity index (χ3v) is 3.99. The molecule has 1 fully saturated rings. The number of aliphatic carboxylic acids is 1. The summed E-state index contributed by atoms with van der Waals surface area (Å²) in [6.45, 7) is 0. The smallest absolute Gasteiger partial charge is 0.326 e. The van der Waals surface area contributed by atoms with Crippen LogP contribution < -0.4 is 5.32 Å². The number of nitrogens with one attached hydrogen (secondary N) is 1. The fourth-order valence-corrected chi connectivity index (χ4v) is 2.55. The van der Waals surface area contributed by atoms with Gasteiger partial charge < -0.3 is 10.4 Å². The molecule has 1 amide bonds. The van der Waals surface area contributed by atoms with E-state index in [9.17, 15) is 14.7 Å². The van der Waals surface area contributed by atoms with Gasteiger partial charge in [0.15, 0.2) is 0 Å². The molecule has 0 aliphatic heterocycles. The van der Waals surface area contributed by atoms with E-state index in [2.05, 4.69) is 10.3 Å². The third kappa shape index (κ3) is 3.94. The van der Waals surface area contributed by atoms with Crippen LogP contribution in [0.4, 0.5) is 0 Å². The number of carboxylic acid groups (broad SMARTS) is 1. The topological polar surface area (TPSA) is 79.3 Å². The molecule has 1 aliphatic carbocycles. The molecule has 1 aromatic carbocycles. The Morgan fingerprint density at radius 3 is 2.61 bits per heavy atom. The van der Waals surface area contributed by atoms with Gasteiger partial charge in [0.2, 0.25) is 0 Å². The van der Waals surface area contributed by atoms with Gasteiger partial charge in [0.1, 0.15) is 6.04 Å². The van der Waals surface area contributed by atoms with Gasteiger partial charge in [0, 0.05) is 24.4 Å². The van der Waals surface area contributed by atoms with Crippen LogP contribution in [0.25, 0.3) is 0 Å². The molecular formula is C18H18N2O3. The number of carboxylic acids is 1. The van der Waals surface area contributed by atoms with Crippen molar-refractivity contribution in [1.82, 2.24) is 10.3 Å². The van der Waals surface area contributed by atoms with Crippen LogP contribution in [0.1, 0.15) is 40.2 Å². The normalized spacial score (nSPS) is 15.0. The number of amides is 1. The van der Waals surface area contributed by atoms with Crippen molar-refractivity contribution in [2.75, 3.05) is 0 Å². The van der Waals surface area contributed by atoms with E-state index in [4.69, 9.17) is 0 Å². The van der Waals surface area contributed by atoms with Crippen molar-refractivity contribution in [3.63, 3.8) is 0 Å². The number of pyridine rings is 1. The zero-order valence-electron chi connectivity index (χ0n) is 12.6. The Bertz CT molecular complexity index is 711. The SMILES string of the molecule is O=C(NC(Cc1ccncc1)C(=O)O)c1cccc(C2CC2)c1. The molecule has 5 nitrogen and oxygen atoms in total. The lowest BCUT2D eigenvalue weighted by molar-refractivity contribution is -0.139. The Kier molecular flexibility index (Phi) is 4.37. The first kappa shape index (κ1) is 15.2. The molecule has 0 bridgehead atoms. The van der Waals surface area contributed by atoms with E-state index in [1.54, 1.807) is 30.6 Å². The number of benzene rings is 1. The van der Waals surface area contributed by atoms with Crippen LogP contribution in [-0.2, 0) is 11.2 Å². The summed E-state index contributed by atoms with van der Waals surface area (Å²) >= 11 is 0. The highest BCUT2D eigenvalue weighted by Crippen LogP contribution is 2.40. The van der Waals surface area contributed by atoms with Crippen LogP contribution in [0, 0.1) is 0 Å². The van der Waals surface area contributed by atoms with Crippen LogP contribution >= 0.6 is 0 Å². The molecule has 5 heteroatoms. The minimum atomic E-state index is -1.05. The second kappa shape index (κ2) is 6.60. The van der Waals surface area contributed by atoms with Crippen molar-refractivity contribution in [3.05, 3.63) is 65.5 Å². The van der Waals surface area contributed by atoms with E-state index in [1.807, 2.05) is 18.2 Å².